The fourth-order valence-corrected chi connectivity index (χ4v) is 5.37. The van der Waals surface area contributed by atoms with Crippen LogP contribution in [0.3, 0.4) is 0 Å². The van der Waals surface area contributed by atoms with Crippen molar-refractivity contribution in [1.29, 1.82) is 0 Å². The van der Waals surface area contributed by atoms with E-state index in [0.717, 1.165) is 60.7 Å². The highest BCUT2D eigenvalue weighted by molar-refractivity contribution is 5.95. The van der Waals surface area contributed by atoms with Gasteiger partial charge in [-0.2, -0.15) is 0 Å². The number of hydrogen-bond donors (Lipinski definition) is 1. The minimum atomic E-state index is -0.133. The minimum absolute atomic E-state index is 0.0834. The lowest BCUT2D eigenvalue weighted by Gasteiger charge is -2.33. The van der Waals surface area contributed by atoms with E-state index in [0.29, 0.717) is 29.7 Å². The van der Waals surface area contributed by atoms with E-state index in [1.807, 2.05) is 30.9 Å². The van der Waals surface area contributed by atoms with Gasteiger partial charge in [-0.25, -0.2) is 0 Å². The number of amides is 2. The number of aryl methyl sites for hydroxylation is 2. The van der Waals surface area contributed by atoms with Crippen LogP contribution in [0.2, 0.25) is 0 Å². The molecule has 2 fully saturated rings. The molecule has 32 heavy (non-hydrogen) atoms. The van der Waals surface area contributed by atoms with Crippen LogP contribution < -0.4 is 16.0 Å². The van der Waals surface area contributed by atoms with Gasteiger partial charge in [-0.3, -0.25) is 14.6 Å². The maximum atomic E-state index is 12.9. The molecule has 6 nitrogen and oxygen atoms in total. The number of nitrogens with one attached hydrogen (secondary N) is 1. The van der Waals surface area contributed by atoms with Crippen molar-refractivity contribution in [2.45, 2.75) is 46.5 Å². The number of aromatic nitrogens is 1. The van der Waals surface area contributed by atoms with Gasteiger partial charge in [0.15, 0.2) is 5.76 Å². The summed E-state index contributed by atoms with van der Waals surface area (Å²) in [6, 6.07) is 3.82. The second kappa shape index (κ2) is 7.91. The Morgan fingerprint density at radius 1 is 1.25 bits per heavy atom. The predicted octanol–water partition coefficient (Wildman–Crippen LogP) is 2.56. The summed E-state index contributed by atoms with van der Waals surface area (Å²) >= 11 is 0. The second-order valence-electron chi connectivity index (χ2n) is 9.92. The molecule has 1 saturated carbocycles. The molecule has 1 aliphatic heterocycles. The van der Waals surface area contributed by atoms with Gasteiger partial charge in [0.1, 0.15) is 5.42 Å². The number of carbonyl (C=O) groups excluding carboxylic acids is 2. The fraction of sp³-hybridized carbons (Fsp3) is 0.500. The summed E-state index contributed by atoms with van der Waals surface area (Å²) in [6.45, 7) is 8.28. The molecule has 1 unspecified atom stereocenters. The van der Waals surface area contributed by atoms with Crippen molar-refractivity contribution in [2.24, 2.45) is 17.3 Å². The highest BCUT2D eigenvalue weighted by atomic mass is 16.3. The van der Waals surface area contributed by atoms with Gasteiger partial charge in [-0.05, 0) is 80.6 Å². The standard InChI is InChI=1S/C26H31N3O3/c1-16-4-5-22-19(10-16)12-23(32-22)24(30)28-14-20-13-26(20)6-8-29(9-7-26)25(31)21-15-27-18(3)11-17(21)2/h5,10-12,15-16,20H,4,6-9,13-14H2,1-3H3,(H,28,30)/t16-,20?/m1/s1. The minimum Gasteiger partial charge on any atom is -0.451 e. The van der Waals surface area contributed by atoms with E-state index in [1.54, 1.807) is 6.20 Å². The highest BCUT2D eigenvalue weighted by Crippen LogP contribution is 2.59. The van der Waals surface area contributed by atoms with E-state index in [4.69, 9.17) is 4.42 Å². The van der Waals surface area contributed by atoms with Crippen molar-refractivity contribution in [3.8, 4) is 0 Å². The van der Waals surface area contributed by atoms with Crippen LogP contribution in [0, 0.1) is 31.1 Å². The molecule has 1 N–H and O–H groups in total. The van der Waals surface area contributed by atoms with Crippen LogP contribution in [-0.2, 0) is 0 Å². The third-order valence-corrected chi connectivity index (χ3v) is 7.55. The van der Waals surface area contributed by atoms with Crippen LogP contribution in [0.25, 0.3) is 12.2 Å². The summed E-state index contributed by atoms with van der Waals surface area (Å²) in [7, 11) is 0. The van der Waals surface area contributed by atoms with Gasteiger partial charge >= 0.3 is 0 Å². The van der Waals surface area contributed by atoms with E-state index < -0.39 is 0 Å². The van der Waals surface area contributed by atoms with Gasteiger partial charge in [0.2, 0.25) is 0 Å². The van der Waals surface area contributed by atoms with Crippen molar-refractivity contribution in [2.75, 3.05) is 19.6 Å². The monoisotopic (exact) mass is 433 g/mol. The Labute approximate surface area is 188 Å². The van der Waals surface area contributed by atoms with E-state index >= 15 is 0 Å². The van der Waals surface area contributed by atoms with Crippen LogP contribution in [-0.4, -0.2) is 41.3 Å². The summed E-state index contributed by atoms with van der Waals surface area (Å²) in [4.78, 5) is 31.8. The van der Waals surface area contributed by atoms with Crippen molar-refractivity contribution in [3.05, 3.63) is 51.5 Å². The molecule has 2 aromatic rings. The number of fused-ring (bicyclic) bond motifs is 1. The number of hydrogen-bond acceptors (Lipinski definition) is 4. The second-order valence-corrected chi connectivity index (χ2v) is 9.92. The molecule has 3 heterocycles. The highest BCUT2D eigenvalue weighted by Gasteiger charge is 2.54. The summed E-state index contributed by atoms with van der Waals surface area (Å²) < 4.78 is 5.76. The molecule has 0 aromatic carbocycles. The molecule has 2 amide bonds. The van der Waals surface area contributed by atoms with Gasteiger partial charge < -0.3 is 14.6 Å². The predicted molar refractivity (Wildman–Crippen MR) is 122 cm³/mol. The maximum Gasteiger partial charge on any atom is 0.287 e. The summed E-state index contributed by atoms with van der Waals surface area (Å²) in [5.74, 6) is 1.31. The molecular formula is C26H31N3O3. The van der Waals surface area contributed by atoms with Crippen LogP contribution in [0.1, 0.15) is 64.8 Å². The van der Waals surface area contributed by atoms with Crippen molar-refractivity contribution < 1.29 is 14.0 Å². The van der Waals surface area contributed by atoms with Gasteiger partial charge in [0, 0.05) is 36.7 Å². The summed E-state index contributed by atoms with van der Waals surface area (Å²) in [5.41, 5.74) is 3.70. The number of pyridine rings is 1. The van der Waals surface area contributed by atoms with E-state index in [-0.39, 0.29) is 17.2 Å². The lowest BCUT2D eigenvalue weighted by molar-refractivity contribution is 0.0667. The Morgan fingerprint density at radius 2 is 2.03 bits per heavy atom. The van der Waals surface area contributed by atoms with Crippen molar-refractivity contribution in [3.63, 3.8) is 0 Å². The van der Waals surface area contributed by atoms with Crippen molar-refractivity contribution >= 4 is 24.0 Å². The van der Waals surface area contributed by atoms with Gasteiger partial charge in [-0.15, -0.1) is 0 Å². The number of furan rings is 1. The normalized spacial score (nSPS) is 23.2. The van der Waals surface area contributed by atoms with Gasteiger partial charge in [0.05, 0.1) is 5.56 Å². The van der Waals surface area contributed by atoms with Gasteiger partial charge in [0.25, 0.3) is 11.8 Å². The third kappa shape index (κ3) is 3.87. The number of piperidine rings is 1. The van der Waals surface area contributed by atoms with Gasteiger partial charge in [-0.1, -0.05) is 13.0 Å². The van der Waals surface area contributed by atoms with Crippen LogP contribution in [0.15, 0.2) is 22.7 Å². The molecule has 0 bridgehead atoms. The average Bonchev–Trinajstić information content (AvgIpc) is 3.25. The molecule has 2 aromatic heterocycles. The summed E-state index contributed by atoms with van der Waals surface area (Å²) in [5, 5.41) is 4.10. The number of carbonyl (C=O) groups is 2. The van der Waals surface area contributed by atoms with E-state index in [9.17, 15) is 9.59 Å². The third-order valence-electron chi connectivity index (χ3n) is 7.55. The van der Waals surface area contributed by atoms with Crippen LogP contribution in [0.5, 0.6) is 0 Å². The first-order valence-electron chi connectivity index (χ1n) is 11.7. The largest absolute Gasteiger partial charge is 0.451 e. The molecule has 168 valence electrons. The Kier molecular flexibility index (Phi) is 5.19. The first kappa shape index (κ1) is 21.0. The Balaban J connectivity index is 1.14. The summed E-state index contributed by atoms with van der Waals surface area (Å²) in [6.07, 6.45) is 9.99. The van der Waals surface area contributed by atoms with Crippen molar-refractivity contribution in [1.82, 2.24) is 15.2 Å². The first-order chi connectivity index (χ1) is 15.3. The molecule has 5 rings (SSSR count). The topological polar surface area (TPSA) is 75.4 Å². The molecule has 1 saturated heterocycles. The zero-order valence-electron chi connectivity index (χ0n) is 19.1. The van der Waals surface area contributed by atoms with Crippen LogP contribution in [0.4, 0.5) is 0 Å². The van der Waals surface area contributed by atoms with E-state index in [2.05, 4.69) is 29.4 Å². The average molecular weight is 434 g/mol. The van der Waals surface area contributed by atoms with E-state index in [1.165, 1.54) is 0 Å². The molecule has 1 spiro atoms. The molecule has 3 aliphatic rings. The lowest BCUT2D eigenvalue weighted by atomic mass is 9.90. The fourth-order valence-electron chi connectivity index (χ4n) is 5.37. The molecule has 2 aliphatic carbocycles. The number of rotatable bonds is 4. The number of nitrogens with zero attached hydrogens (tertiary/aromatic N) is 2. The zero-order valence-corrected chi connectivity index (χ0v) is 19.1. The maximum absolute atomic E-state index is 12.9. The quantitative estimate of drug-likeness (QED) is 0.804. The lowest BCUT2D eigenvalue weighted by Crippen LogP contribution is -2.40. The Bertz CT molecular complexity index is 1190. The molecule has 6 heteroatoms. The number of likely N-dealkylation sites (tertiary alicyclic amines) is 1. The first-order valence-corrected chi connectivity index (χ1v) is 11.7. The molecule has 0 radical (unpaired) electrons. The SMILES string of the molecule is Cc1cc(C)c(C(=O)N2CCC3(CC2)CC3CNC(=O)c2cc3c(o2)=CC[C@@H](C)C=3)cn1. The Morgan fingerprint density at radius 3 is 2.78 bits per heavy atom. The zero-order chi connectivity index (χ0) is 22.5. The molecular weight excluding hydrogens is 402 g/mol. The Hall–Kier alpha value is -2.89. The smallest absolute Gasteiger partial charge is 0.287 e. The molecule has 2 atom stereocenters. The van der Waals surface area contributed by atoms with Crippen LogP contribution >= 0.6 is 0 Å².